The zero-order chi connectivity index (χ0) is 14.7. The van der Waals surface area contributed by atoms with Crippen LogP contribution in [0, 0.1) is 0 Å². The lowest BCUT2D eigenvalue weighted by Gasteiger charge is -2.10. The summed E-state index contributed by atoms with van der Waals surface area (Å²) >= 11 is 5.88. The highest BCUT2D eigenvalue weighted by Crippen LogP contribution is 2.22. The van der Waals surface area contributed by atoms with Crippen molar-refractivity contribution in [2.24, 2.45) is 5.84 Å². The van der Waals surface area contributed by atoms with E-state index in [4.69, 9.17) is 17.4 Å². The van der Waals surface area contributed by atoms with E-state index in [1.807, 2.05) is 48.5 Å². The van der Waals surface area contributed by atoms with Gasteiger partial charge in [0, 0.05) is 17.0 Å². The van der Waals surface area contributed by atoms with Crippen LogP contribution in [-0.4, -0.2) is 9.97 Å². The number of para-hydroxylation sites is 1. The highest BCUT2D eigenvalue weighted by molar-refractivity contribution is 6.30. The summed E-state index contributed by atoms with van der Waals surface area (Å²) in [5.41, 5.74) is 4.43. The number of nitrogens with zero attached hydrogens (tertiary/aromatic N) is 2. The Balaban J connectivity index is 1.90. The van der Waals surface area contributed by atoms with Crippen molar-refractivity contribution in [3.8, 4) is 0 Å². The number of nitrogens with one attached hydrogen (secondary N) is 2. The summed E-state index contributed by atoms with van der Waals surface area (Å²) in [4.78, 5) is 8.68. The second-order valence-electron chi connectivity index (χ2n) is 4.54. The van der Waals surface area contributed by atoms with Crippen molar-refractivity contribution in [2.75, 3.05) is 10.7 Å². The molecular formula is C15H14ClN5. The van der Waals surface area contributed by atoms with E-state index >= 15 is 0 Å². The van der Waals surface area contributed by atoms with E-state index in [0.717, 1.165) is 27.3 Å². The van der Waals surface area contributed by atoms with Gasteiger partial charge in [0.15, 0.2) is 0 Å². The Morgan fingerprint density at radius 1 is 1.00 bits per heavy atom. The summed E-state index contributed by atoms with van der Waals surface area (Å²) in [5, 5.41) is 4.98. The molecule has 0 aliphatic heterocycles. The van der Waals surface area contributed by atoms with E-state index in [9.17, 15) is 0 Å². The maximum absolute atomic E-state index is 5.88. The van der Waals surface area contributed by atoms with Gasteiger partial charge >= 0.3 is 0 Å². The Morgan fingerprint density at radius 3 is 2.52 bits per heavy atom. The fourth-order valence-corrected chi connectivity index (χ4v) is 2.19. The van der Waals surface area contributed by atoms with Crippen LogP contribution in [0.1, 0.15) is 5.56 Å². The van der Waals surface area contributed by atoms with Gasteiger partial charge in [-0.05, 0) is 29.8 Å². The predicted octanol–water partition coefficient (Wildman–Crippen LogP) is 3.18. The molecule has 21 heavy (non-hydrogen) atoms. The molecule has 3 rings (SSSR count). The predicted molar refractivity (Wildman–Crippen MR) is 86.1 cm³/mol. The molecule has 0 fully saturated rings. The molecule has 0 spiro atoms. The lowest BCUT2D eigenvalue weighted by molar-refractivity contribution is 1.09. The number of fused-ring (bicyclic) bond motifs is 1. The number of hydrazine groups is 1. The lowest BCUT2D eigenvalue weighted by atomic mass is 10.2. The summed E-state index contributed by atoms with van der Waals surface area (Å²) in [7, 11) is 0. The van der Waals surface area contributed by atoms with Crippen LogP contribution in [0.25, 0.3) is 10.9 Å². The van der Waals surface area contributed by atoms with Gasteiger partial charge in [0.2, 0.25) is 5.95 Å². The first-order valence-corrected chi connectivity index (χ1v) is 6.86. The number of anilines is 2. The average Bonchev–Trinajstić information content (AvgIpc) is 2.53. The maximum Gasteiger partial charge on any atom is 0.239 e. The second kappa shape index (κ2) is 5.95. The van der Waals surface area contributed by atoms with Crippen LogP contribution in [0.2, 0.25) is 5.02 Å². The zero-order valence-electron chi connectivity index (χ0n) is 11.2. The SMILES string of the molecule is NNc1nc(NCc2ccc(Cl)cc2)c2ccccc2n1. The topological polar surface area (TPSA) is 75.9 Å². The third-order valence-electron chi connectivity index (χ3n) is 3.11. The molecule has 2 aromatic carbocycles. The molecule has 3 aromatic rings. The quantitative estimate of drug-likeness (QED) is 0.509. The first-order chi connectivity index (χ1) is 10.3. The third kappa shape index (κ3) is 3.04. The Morgan fingerprint density at radius 2 is 1.76 bits per heavy atom. The monoisotopic (exact) mass is 299 g/mol. The Hall–Kier alpha value is -2.37. The Labute approximate surface area is 127 Å². The number of benzene rings is 2. The molecule has 1 heterocycles. The molecule has 4 N–H and O–H groups in total. The van der Waals surface area contributed by atoms with Crippen molar-refractivity contribution in [1.29, 1.82) is 0 Å². The molecule has 6 heteroatoms. The summed E-state index contributed by atoms with van der Waals surface area (Å²) in [6, 6.07) is 15.5. The molecule has 0 saturated carbocycles. The van der Waals surface area contributed by atoms with Crippen LogP contribution >= 0.6 is 11.6 Å². The molecule has 0 amide bonds. The number of halogens is 1. The van der Waals surface area contributed by atoms with Gasteiger partial charge in [0.05, 0.1) is 5.52 Å². The Kier molecular flexibility index (Phi) is 3.85. The van der Waals surface area contributed by atoms with Gasteiger partial charge in [-0.3, -0.25) is 5.43 Å². The number of nitrogens with two attached hydrogens (primary N) is 1. The van der Waals surface area contributed by atoms with Crippen LogP contribution in [0.15, 0.2) is 48.5 Å². The zero-order valence-corrected chi connectivity index (χ0v) is 11.9. The minimum atomic E-state index is 0.382. The van der Waals surface area contributed by atoms with Crippen molar-refractivity contribution >= 4 is 34.3 Å². The largest absolute Gasteiger partial charge is 0.365 e. The molecule has 0 aliphatic rings. The van der Waals surface area contributed by atoms with Crippen molar-refractivity contribution < 1.29 is 0 Å². The van der Waals surface area contributed by atoms with E-state index in [2.05, 4.69) is 20.7 Å². The van der Waals surface area contributed by atoms with Gasteiger partial charge < -0.3 is 5.32 Å². The minimum Gasteiger partial charge on any atom is -0.365 e. The number of aromatic nitrogens is 2. The van der Waals surface area contributed by atoms with Crippen LogP contribution in [-0.2, 0) is 6.54 Å². The third-order valence-corrected chi connectivity index (χ3v) is 3.36. The second-order valence-corrected chi connectivity index (χ2v) is 4.97. The molecule has 106 valence electrons. The van der Waals surface area contributed by atoms with Gasteiger partial charge in [0.1, 0.15) is 5.82 Å². The molecule has 0 radical (unpaired) electrons. The van der Waals surface area contributed by atoms with Gasteiger partial charge in [-0.15, -0.1) is 0 Å². The number of hydrogen-bond donors (Lipinski definition) is 3. The van der Waals surface area contributed by atoms with Crippen molar-refractivity contribution in [3.05, 3.63) is 59.1 Å². The fourth-order valence-electron chi connectivity index (χ4n) is 2.06. The molecule has 5 nitrogen and oxygen atoms in total. The van der Waals surface area contributed by atoms with Crippen LogP contribution < -0.4 is 16.6 Å². The Bertz CT molecular complexity index is 758. The first kappa shape index (κ1) is 13.6. The van der Waals surface area contributed by atoms with Crippen LogP contribution in [0.3, 0.4) is 0 Å². The van der Waals surface area contributed by atoms with Gasteiger partial charge in [-0.25, -0.2) is 10.8 Å². The van der Waals surface area contributed by atoms with Gasteiger partial charge in [-0.1, -0.05) is 35.9 Å². The smallest absolute Gasteiger partial charge is 0.239 e. The van der Waals surface area contributed by atoms with E-state index in [1.54, 1.807) is 0 Å². The van der Waals surface area contributed by atoms with Crippen molar-refractivity contribution in [1.82, 2.24) is 9.97 Å². The average molecular weight is 300 g/mol. The molecular weight excluding hydrogens is 286 g/mol. The molecule has 1 aromatic heterocycles. The van der Waals surface area contributed by atoms with E-state index < -0.39 is 0 Å². The van der Waals surface area contributed by atoms with Crippen molar-refractivity contribution in [2.45, 2.75) is 6.54 Å². The number of hydrogen-bond acceptors (Lipinski definition) is 5. The molecule has 0 saturated heterocycles. The molecule has 0 atom stereocenters. The highest BCUT2D eigenvalue weighted by Gasteiger charge is 2.06. The standard InChI is InChI=1S/C15H14ClN5/c16-11-7-5-10(6-8-11)9-18-14-12-3-1-2-4-13(12)19-15(20-14)21-17/h1-8H,9,17H2,(H2,18,19,20,21). The number of nitrogen functional groups attached to an aromatic ring is 1. The van der Waals surface area contributed by atoms with E-state index in [0.29, 0.717) is 12.5 Å². The molecule has 0 unspecified atom stereocenters. The maximum atomic E-state index is 5.88. The van der Waals surface area contributed by atoms with Gasteiger partial charge in [-0.2, -0.15) is 4.98 Å². The van der Waals surface area contributed by atoms with Crippen LogP contribution in [0.4, 0.5) is 11.8 Å². The lowest BCUT2D eigenvalue weighted by Crippen LogP contribution is -2.12. The first-order valence-electron chi connectivity index (χ1n) is 6.48. The van der Waals surface area contributed by atoms with E-state index in [-0.39, 0.29) is 0 Å². The van der Waals surface area contributed by atoms with E-state index in [1.165, 1.54) is 0 Å². The van der Waals surface area contributed by atoms with Crippen LogP contribution in [0.5, 0.6) is 0 Å². The summed E-state index contributed by atoms with van der Waals surface area (Å²) < 4.78 is 0. The fraction of sp³-hybridized carbons (Fsp3) is 0.0667. The highest BCUT2D eigenvalue weighted by atomic mass is 35.5. The normalized spacial score (nSPS) is 10.6. The van der Waals surface area contributed by atoms with Crippen molar-refractivity contribution in [3.63, 3.8) is 0 Å². The molecule has 0 aliphatic carbocycles. The van der Waals surface area contributed by atoms with Gasteiger partial charge in [0.25, 0.3) is 0 Å². The number of rotatable bonds is 4. The minimum absolute atomic E-state index is 0.382. The molecule has 0 bridgehead atoms. The summed E-state index contributed by atoms with van der Waals surface area (Å²) in [6.07, 6.45) is 0. The summed E-state index contributed by atoms with van der Waals surface area (Å²) in [6.45, 7) is 0.641. The summed E-state index contributed by atoms with van der Waals surface area (Å²) in [5.74, 6) is 6.54.